The van der Waals surface area contributed by atoms with Crippen LogP contribution in [0.2, 0.25) is 0 Å². The van der Waals surface area contributed by atoms with E-state index in [1.165, 1.54) is 11.9 Å². The molecule has 0 amide bonds. The number of hydrogen-bond donors (Lipinski definition) is 2. The third-order valence-corrected chi connectivity index (χ3v) is 5.40. The van der Waals surface area contributed by atoms with Gasteiger partial charge in [0.1, 0.15) is 17.9 Å². The van der Waals surface area contributed by atoms with Crippen molar-refractivity contribution in [2.45, 2.75) is 44.4 Å². The molecule has 3 aromatic rings. The summed E-state index contributed by atoms with van der Waals surface area (Å²) >= 11 is 0. The van der Waals surface area contributed by atoms with Gasteiger partial charge in [-0.2, -0.15) is 0 Å². The van der Waals surface area contributed by atoms with Crippen LogP contribution in [0.4, 0.5) is 5.82 Å². The van der Waals surface area contributed by atoms with Crippen molar-refractivity contribution in [3.05, 3.63) is 48.5 Å². The van der Waals surface area contributed by atoms with Crippen LogP contribution in [0.15, 0.2) is 43.0 Å². The molecule has 0 aliphatic carbocycles. The van der Waals surface area contributed by atoms with Crippen molar-refractivity contribution in [3.63, 3.8) is 0 Å². The summed E-state index contributed by atoms with van der Waals surface area (Å²) in [6.07, 6.45) is 2.74. The second-order valence-corrected chi connectivity index (χ2v) is 7.83. The van der Waals surface area contributed by atoms with Gasteiger partial charge in [0.05, 0.1) is 25.1 Å². The Bertz CT molecular complexity index is 977. The van der Waals surface area contributed by atoms with Gasteiger partial charge in [-0.25, -0.2) is 15.0 Å². The lowest BCUT2D eigenvalue weighted by Gasteiger charge is -2.32. The summed E-state index contributed by atoms with van der Waals surface area (Å²) in [5.74, 6) is -0.410. The number of fused-ring (bicyclic) bond motifs is 1. The predicted octanol–water partition coefficient (Wildman–Crippen LogP) is 1.91. The lowest BCUT2D eigenvalue weighted by molar-refractivity contribution is -0.235. The third kappa shape index (κ3) is 4.29. The predicted molar refractivity (Wildman–Crippen MR) is 113 cm³/mol. The van der Waals surface area contributed by atoms with Crippen LogP contribution in [0.3, 0.4) is 0 Å². The average Bonchev–Trinajstić information content (AvgIpc) is 3.33. The van der Waals surface area contributed by atoms with Crippen molar-refractivity contribution in [3.8, 4) is 0 Å². The fourth-order valence-electron chi connectivity index (χ4n) is 3.67. The molecule has 2 aromatic heterocycles. The smallest absolute Gasteiger partial charge is 0.165 e. The fraction of sp³-hybridized carbons (Fsp3) is 0.476. The Morgan fingerprint density at radius 1 is 1.23 bits per heavy atom. The van der Waals surface area contributed by atoms with Crippen LogP contribution in [-0.4, -0.2) is 57.8 Å². The van der Waals surface area contributed by atoms with E-state index in [4.69, 9.17) is 19.9 Å². The Morgan fingerprint density at radius 2 is 2.03 bits per heavy atom. The van der Waals surface area contributed by atoms with Gasteiger partial charge in [-0.1, -0.05) is 30.3 Å². The molecule has 0 bridgehead atoms. The molecule has 3 N–H and O–H groups in total. The lowest BCUT2D eigenvalue weighted by Crippen LogP contribution is -2.43. The second kappa shape index (κ2) is 8.65. The van der Waals surface area contributed by atoms with Crippen LogP contribution in [0.25, 0.3) is 11.2 Å². The van der Waals surface area contributed by atoms with E-state index < -0.39 is 5.79 Å². The number of aromatic nitrogens is 4. The molecule has 3 unspecified atom stereocenters. The molecule has 0 saturated carbocycles. The zero-order valence-corrected chi connectivity index (χ0v) is 17.5. The van der Waals surface area contributed by atoms with Crippen molar-refractivity contribution in [1.29, 1.82) is 0 Å². The van der Waals surface area contributed by atoms with E-state index >= 15 is 0 Å². The maximum Gasteiger partial charge on any atom is 0.165 e. The first-order valence-corrected chi connectivity index (χ1v) is 10.0. The van der Waals surface area contributed by atoms with Gasteiger partial charge < -0.3 is 29.8 Å². The van der Waals surface area contributed by atoms with Crippen LogP contribution in [0.5, 0.6) is 0 Å². The van der Waals surface area contributed by atoms with E-state index in [0.717, 1.165) is 6.54 Å². The Hall–Kier alpha value is -2.59. The van der Waals surface area contributed by atoms with E-state index in [1.807, 2.05) is 36.6 Å². The van der Waals surface area contributed by atoms with Crippen molar-refractivity contribution in [2.75, 3.05) is 26.0 Å². The van der Waals surface area contributed by atoms with Crippen LogP contribution in [0, 0.1) is 0 Å². The first-order chi connectivity index (χ1) is 14.5. The lowest BCUT2D eigenvalue weighted by atomic mass is 10.1. The van der Waals surface area contributed by atoms with Crippen LogP contribution < -0.4 is 11.1 Å². The summed E-state index contributed by atoms with van der Waals surface area (Å²) in [6, 6.07) is 10.1. The molecule has 9 heteroatoms. The highest BCUT2D eigenvalue weighted by molar-refractivity contribution is 5.81. The molecule has 3 heterocycles. The number of ether oxygens (including phenoxy) is 3. The van der Waals surface area contributed by atoms with E-state index in [-0.39, 0.29) is 18.2 Å². The summed E-state index contributed by atoms with van der Waals surface area (Å²) in [5, 5.41) is 3.47. The number of nitrogens with zero attached hydrogens (tertiary/aromatic N) is 4. The molecule has 4 rings (SSSR count). The van der Waals surface area contributed by atoms with Gasteiger partial charge in [0, 0.05) is 20.2 Å². The molecule has 0 spiro atoms. The van der Waals surface area contributed by atoms with Gasteiger partial charge in [0.2, 0.25) is 0 Å². The molecule has 1 aliphatic rings. The van der Waals surface area contributed by atoms with Gasteiger partial charge in [-0.05, 0) is 19.4 Å². The molecule has 9 nitrogen and oxygen atoms in total. The quantitative estimate of drug-likeness (QED) is 0.540. The largest absolute Gasteiger partial charge is 0.382 e. The van der Waals surface area contributed by atoms with Gasteiger partial charge in [-0.3, -0.25) is 0 Å². The zero-order chi connectivity index (χ0) is 21.1. The van der Waals surface area contributed by atoms with E-state index in [0.29, 0.717) is 30.1 Å². The minimum atomic E-state index is -0.765. The van der Waals surface area contributed by atoms with Crippen LogP contribution in [0.1, 0.15) is 25.5 Å². The molecular weight excluding hydrogens is 384 g/mol. The van der Waals surface area contributed by atoms with Crippen molar-refractivity contribution >= 4 is 17.0 Å². The van der Waals surface area contributed by atoms with E-state index in [9.17, 15) is 0 Å². The maximum atomic E-state index is 6.37. The molecule has 1 fully saturated rings. The SMILES string of the molecule is COC(C)(C)OC1C(CNCc2ccccc2)OCC1n1cnc2c(N)ncnc21. The summed E-state index contributed by atoms with van der Waals surface area (Å²) in [4.78, 5) is 12.8. The van der Waals surface area contributed by atoms with Gasteiger partial charge in [0.25, 0.3) is 0 Å². The highest BCUT2D eigenvalue weighted by Crippen LogP contribution is 2.33. The number of imidazole rings is 1. The highest BCUT2D eigenvalue weighted by atomic mass is 16.7. The Labute approximate surface area is 175 Å². The van der Waals surface area contributed by atoms with Gasteiger partial charge in [0.15, 0.2) is 17.3 Å². The van der Waals surface area contributed by atoms with E-state index in [1.54, 1.807) is 13.4 Å². The Kier molecular flexibility index (Phi) is 5.96. The molecule has 0 radical (unpaired) electrons. The number of hydrogen-bond acceptors (Lipinski definition) is 8. The minimum Gasteiger partial charge on any atom is -0.382 e. The Balaban J connectivity index is 1.54. The monoisotopic (exact) mass is 412 g/mol. The van der Waals surface area contributed by atoms with Gasteiger partial charge >= 0.3 is 0 Å². The molecule has 30 heavy (non-hydrogen) atoms. The highest BCUT2D eigenvalue weighted by Gasteiger charge is 2.43. The van der Waals surface area contributed by atoms with Gasteiger partial charge in [-0.15, -0.1) is 0 Å². The third-order valence-electron chi connectivity index (χ3n) is 5.40. The van der Waals surface area contributed by atoms with Crippen molar-refractivity contribution in [1.82, 2.24) is 24.8 Å². The number of anilines is 1. The van der Waals surface area contributed by atoms with E-state index in [2.05, 4.69) is 32.4 Å². The average molecular weight is 412 g/mol. The van der Waals surface area contributed by atoms with Crippen molar-refractivity contribution in [2.24, 2.45) is 0 Å². The summed E-state index contributed by atoms with van der Waals surface area (Å²) in [5.41, 5.74) is 8.41. The first-order valence-electron chi connectivity index (χ1n) is 10.0. The minimum absolute atomic E-state index is 0.123. The summed E-state index contributed by atoms with van der Waals surface area (Å²) in [7, 11) is 1.63. The topological polar surface area (TPSA) is 109 Å². The number of methoxy groups -OCH3 is 1. The normalized spacial score (nSPS) is 22.0. The summed E-state index contributed by atoms with van der Waals surface area (Å²) in [6.45, 7) is 5.65. The first kappa shape index (κ1) is 20.7. The van der Waals surface area contributed by atoms with Crippen molar-refractivity contribution < 1.29 is 14.2 Å². The molecule has 1 aromatic carbocycles. The number of benzene rings is 1. The number of rotatable bonds is 8. The summed E-state index contributed by atoms with van der Waals surface area (Å²) < 4.78 is 20.0. The Morgan fingerprint density at radius 3 is 2.80 bits per heavy atom. The number of nitrogens with one attached hydrogen (secondary N) is 1. The maximum absolute atomic E-state index is 6.37. The second-order valence-electron chi connectivity index (χ2n) is 7.83. The number of nitrogen functional groups attached to an aromatic ring is 1. The molecule has 160 valence electrons. The molecule has 1 aliphatic heterocycles. The molecule has 3 atom stereocenters. The van der Waals surface area contributed by atoms with Crippen LogP contribution >= 0.6 is 0 Å². The standard InChI is InChI=1S/C21H28N6O3/c1-21(2,28-3)30-18-15(27-13-26-17-19(22)24-12-25-20(17)27)11-29-16(18)10-23-9-14-7-5-4-6-8-14/h4-8,12-13,15-16,18,23H,9-11H2,1-3H3,(H2,22,24,25). The fourth-order valence-corrected chi connectivity index (χ4v) is 3.67. The van der Waals surface area contributed by atoms with Crippen LogP contribution in [-0.2, 0) is 20.8 Å². The molecule has 1 saturated heterocycles. The zero-order valence-electron chi connectivity index (χ0n) is 17.5. The molecular formula is C21H28N6O3. The number of nitrogens with two attached hydrogens (primary N) is 1.